The first kappa shape index (κ1) is 33.6. The molecule has 0 radical (unpaired) electrons. The fourth-order valence-corrected chi connectivity index (χ4v) is 4.59. The molecule has 0 saturated carbocycles. The number of nitriles is 1. The lowest BCUT2D eigenvalue weighted by Crippen LogP contribution is -2.46. The van der Waals surface area contributed by atoms with Crippen LogP contribution in [0.4, 0.5) is 16.2 Å². The van der Waals surface area contributed by atoms with Crippen LogP contribution in [0.1, 0.15) is 17.5 Å². The van der Waals surface area contributed by atoms with E-state index in [0.717, 1.165) is 17.0 Å². The van der Waals surface area contributed by atoms with Gasteiger partial charge in [-0.15, -0.1) is 0 Å². The van der Waals surface area contributed by atoms with Gasteiger partial charge in [-0.25, -0.2) is 9.59 Å². The van der Waals surface area contributed by atoms with Crippen LogP contribution < -0.4 is 18.9 Å². The van der Waals surface area contributed by atoms with Crippen LogP contribution in [-0.2, 0) is 37.0 Å². The quantitative estimate of drug-likeness (QED) is 0.134. The van der Waals surface area contributed by atoms with E-state index in [4.69, 9.17) is 38.4 Å². The first-order valence-electron chi connectivity index (χ1n) is 12.9. The molecule has 240 valence electrons. The number of rotatable bonds is 13. The fourth-order valence-electron chi connectivity index (χ4n) is 4.59. The summed E-state index contributed by atoms with van der Waals surface area (Å²) in [6.07, 6.45) is -1.23. The van der Waals surface area contributed by atoms with Crippen LogP contribution in [0, 0.1) is 37.5 Å². The van der Waals surface area contributed by atoms with Crippen molar-refractivity contribution < 1.29 is 57.4 Å². The molecule has 0 unspecified atom stereocenters. The molecule has 1 amide bonds. The molecular formula is C27H28N4O14. The molecule has 18 nitrogen and oxygen atoms in total. The molecule has 2 aromatic carbocycles. The number of amides is 1. The number of esters is 2. The third-order valence-corrected chi connectivity index (χ3v) is 6.74. The van der Waals surface area contributed by atoms with Crippen LogP contribution in [0.15, 0.2) is 24.3 Å². The summed E-state index contributed by atoms with van der Waals surface area (Å²) in [6, 6.07) is 4.71. The van der Waals surface area contributed by atoms with Crippen molar-refractivity contribution in [1.29, 1.82) is 5.26 Å². The van der Waals surface area contributed by atoms with E-state index in [-0.39, 0.29) is 47.1 Å². The molecule has 1 aliphatic rings. The Morgan fingerprint density at radius 1 is 0.800 bits per heavy atom. The van der Waals surface area contributed by atoms with E-state index in [0.29, 0.717) is 0 Å². The monoisotopic (exact) mass is 632 g/mol. The lowest BCUT2D eigenvalue weighted by atomic mass is 10.0. The topological polar surface area (TPSA) is 229 Å². The summed E-state index contributed by atoms with van der Waals surface area (Å²) in [5.41, 5.74) is -0.953. The van der Waals surface area contributed by atoms with Crippen LogP contribution in [0.5, 0.6) is 23.0 Å². The maximum Gasteiger partial charge on any atom is 0.410 e. The van der Waals surface area contributed by atoms with Gasteiger partial charge in [0.2, 0.25) is 0 Å². The standard InChI is InChI=1S/C27H28N4O14/c1-39-20-9-15(18(30(35)36)11-22(20)41-3)13-44-25(32)17-5-7-29(24(17)26(33)43-8-6-28)27(34)45-14-16-10-21(40-2)23(42-4)12-19(16)31(37)38/h9-12,17,24H,5,7-8,13-14H2,1-4H3/t17-,24+/m1/s1. The van der Waals surface area contributed by atoms with Gasteiger partial charge in [-0.05, 0) is 18.6 Å². The molecule has 1 aliphatic heterocycles. The number of benzene rings is 2. The molecule has 0 spiro atoms. The SMILES string of the molecule is COc1cc(COC(=O)[C@@H]2CCN(C(=O)OCc3cc(OC)c(OC)cc3[N+](=O)[O-])[C@@H]2C(=O)OCC#N)c([N+](=O)[O-])cc1OC. The third-order valence-electron chi connectivity index (χ3n) is 6.74. The molecule has 1 heterocycles. The van der Waals surface area contributed by atoms with Crippen LogP contribution in [0.25, 0.3) is 0 Å². The number of ether oxygens (including phenoxy) is 7. The Bertz CT molecular complexity index is 1420. The van der Waals surface area contributed by atoms with Gasteiger partial charge in [0, 0.05) is 6.54 Å². The Kier molecular flexibility index (Phi) is 11.2. The van der Waals surface area contributed by atoms with Gasteiger partial charge in [0.25, 0.3) is 11.4 Å². The smallest absolute Gasteiger partial charge is 0.410 e. The van der Waals surface area contributed by atoms with E-state index in [2.05, 4.69) is 0 Å². The highest BCUT2D eigenvalue weighted by molar-refractivity contribution is 5.89. The Hall–Kier alpha value is -5.86. The number of nitro groups is 2. The van der Waals surface area contributed by atoms with Crippen molar-refractivity contribution in [2.45, 2.75) is 25.7 Å². The molecule has 0 aromatic heterocycles. The van der Waals surface area contributed by atoms with Gasteiger partial charge in [0.15, 0.2) is 29.6 Å². The summed E-state index contributed by atoms with van der Waals surface area (Å²) in [6.45, 7) is -2.10. The van der Waals surface area contributed by atoms with Gasteiger partial charge in [-0.1, -0.05) is 0 Å². The first-order chi connectivity index (χ1) is 21.5. The van der Waals surface area contributed by atoms with E-state index >= 15 is 0 Å². The largest absolute Gasteiger partial charge is 0.493 e. The second-order valence-electron chi connectivity index (χ2n) is 9.15. The second-order valence-corrected chi connectivity index (χ2v) is 9.15. The molecule has 0 N–H and O–H groups in total. The molecule has 2 aromatic rings. The number of methoxy groups -OCH3 is 4. The molecule has 1 saturated heterocycles. The van der Waals surface area contributed by atoms with Crippen molar-refractivity contribution in [1.82, 2.24) is 4.90 Å². The van der Waals surface area contributed by atoms with E-state index < -0.39 is 71.0 Å². The van der Waals surface area contributed by atoms with Crippen LogP contribution in [-0.4, -0.2) is 80.4 Å². The van der Waals surface area contributed by atoms with Crippen LogP contribution in [0.3, 0.4) is 0 Å². The minimum absolute atomic E-state index is 0.0413. The predicted octanol–water partition coefficient (Wildman–Crippen LogP) is 2.67. The lowest BCUT2D eigenvalue weighted by Gasteiger charge is -2.25. The molecule has 3 rings (SSSR count). The number of carbonyl (C=O) groups excluding carboxylic acids is 3. The van der Waals surface area contributed by atoms with Gasteiger partial charge in [0.1, 0.15) is 25.3 Å². The molecular weight excluding hydrogens is 604 g/mol. The zero-order chi connectivity index (χ0) is 33.3. The highest BCUT2D eigenvalue weighted by Crippen LogP contribution is 2.37. The molecule has 0 aliphatic carbocycles. The van der Waals surface area contributed by atoms with E-state index in [9.17, 15) is 34.6 Å². The average molecular weight is 633 g/mol. The minimum atomic E-state index is -1.60. The Labute approximate surface area is 255 Å². The van der Waals surface area contributed by atoms with Crippen LogP contribution >= 0.6 is 0 Å². The normalized spacial score (nSPS) is 15.3. The zero-order valence-electron chi connectivity index (χ0n) is 24.5. The van der Waals surface area contributed by atoms with Crippen LogP contribution in [0.2, 0.25) is 0 Å². The number of nitrogens with zero attached hydrogens (tertiary/aromatic N) is 4. The van der Waals surface area contributed by atoms with Gasteiger partial charge in [-0.3, -0.25) is 29.9 Å². The Morgan fingerprint density at radius 3 is 1.71 bits per heavy atom. The summed E-state index contributed by atoms with van der Waals surface area (Å²) in [5, 5.41) is 32.1. The van der Waals surface area contributed by atoms with Crippen molar-refractivity contribution in [3.8, 4) is 29.1 Å². The summed E-state index contributed by atoms with van der Waals surface area (Å²) in [4.78, 5) is 61.9. The van der Waals surface area contributed by atoms with Gasteiger partial charge < -0.3 is 33.2 Å². The zero-order valence-corrected chi connectivity index (χ0v) is 24.5. The van der Waals surface area contributed by atoms with Crippen molar-refractivity contribution in [2.24, 2.45) is 5.92 Å². The number of likely N-dealkylation sites (tertiary alicyclic amines) is 1. The number of carbonyl (C=O) groups is 3. The summed E-state index contributed by atoms with van der Waals surface area (Å²) >= 11 is 0. The van der Waals surface area contributed by atoms with Crippen molar-refractivity contribution in [2.75, 3.05) is 41.6 Å². The van der Waals surface area contributed by atoms with Crippen molar-refractivity contribution in [3.63, 3.8) is 0 Å². The fraction of sp³-hybridized carbons (Fsp3) is 0.407. The van der Waals surface area contributed by atoms with E-state index in [1.165, 1.54) is 40.6 Å². The van der Waals surface area contributed by atoms with Gasteiger partial charge >= 0.3 is 18.0 Å². The second kappa shape index (κ2) is 15.0. The maximum atomic E-state index is 13.2. The van der Waals surface area contributed by atoms with Crippen molar-refractivity contribution in [3.05, 3.63) is 55.6 Å². The van der Waals surface area contributed by atoms with E-state index in [1.807, 2.05) is 0 Å². The molecule has 18 heteroatoms. The Balaban J connectivity index is 1.82. The van der Waals surface area contributed by atoms with Crippen molar-refractivity contribution >= 4 is 29.4 Å². The highest BCUT2D eigenvalue weighted by Gasteiger charge is 2.48. The predicted molar refractivity (Wildman–Crippen MR) is 148 cm³/mol. The number of hydrogen-bond donors (Lipinski definition) is 0. The summed E-state index contributed by atoms with van der Waals surface area (Å²) in [7, 11) is 5.20. The molecule has 45 heavy (non-hydrogen) atoms. The Morgan fingerprint density at radius 2 is 1.27 bits per heavy atom. The number of nitro benzene ring substituents is 2. The average Bonchev–Trinajstić information content (AvgIpc) is 3.49. The summed E-state index contributed by atoms with van der Waals surface area (Å²) < 4.78 is 35.9. The lowest BCUT2D eigenvalue weighted by molar-refractivity contribution is -0.386. The maximum absolute atomic E-state index is 13.2. The van der Waals surface area contributed by atoms with Gasteiger partial charge in [-0.2, -0.15) is 5.26 Å². The molecule has 1 fully saturated rings. The first-order valence-corrected chi connectivity index (χ1v) is 12.9. The highest BCUT2D eigenvalue weighted by atomic mass is 16.6. The molecule has 2 atom stereocenters. The van der Waals surface area contributed by atoms with Gasteiger partial charge in [0.05, 0.1) is 67.5 Å². The summed E-state index contributed by atoms with van der Waals surface area (Å²) in [5.74, 6) is -3.01. The van der Waals surface area contributed by atoms with E-state index in [1.54, 1.807) is 6.07 Å². The molecule has 0 bridgehead atoms. The number of hydrogen-bond acceptors (Lipinski definition) is 15. The minimum Gasteiger partial charge on any atom is -0.493 e. The third kappa shape index (κ3) is 7.57.